The Bertz CT molecular complexity index is 658. The molecule has 1 N–H and O–H groups in total. The van der Waals surface area contributed by atoms with Crippen LogP contribution in [-0.4, -0.2) is 50.6 Å². The second-order valence-electron chi connectivity index (χ2n) is 5.48. The first-order valence-corrected chi connectivity index (χ1v) is 9.11. The van der Waals surface area contributed by atoms with E-state index in [0.717, 1.165) is 5.56 Å². The predicted octanol–water partition coefficient (Wildman–Crippen LogP) is 2.04. The monoisotopic (exact) mass is 326 g/mol. The quantitative estimate of drug-likeness (QED) is 0.919. The molecule has 122 valence electrons. The lowest BCUT2D eigenvalue weighted by atomic mass is 10.2. The van der Waals surface area contributed by atoms with Crippen molar-refractivity contribution in [1.29, 1.82) is 0 Å². The van der Waals surface area contributed by atoms with Crippen molar-refractivity contribution in [3.05, 3.63) is 23.8 Å². The Morgan fingerprint density at radius 1 is 1.45 bits per heavy atom. The molecule has 1 aliphatic heterocycles. The molecule has 1 fully saturated rings. The van der Waals surface area contributed by atoms with E-state index in [2.05, 4.69) is 5.32 Å². The van der Waals surface area contributed by atoms with E-state index in [1.165, 1.54) is 0 Å². The molecule has 0 spiro atoms. The van der Waals surface area contributed by atoms with E-state index in [0.29, 0.717) is 24.4 Å². The largest absolute Gasteiger partial charge is 0.495 e. The summed E-state index contributed by atoms with van der Waals surface area (Å²) >= 11 is 0. The molecule has 1 aliphatic rings. The van der Waals surface area contributed by atoms with Crippen LogP contribution in [0.15, 0.2) is 18.2 Å². The van der Waals surface area contributed by atoms with Crippen molar-refractivity contribution in [2.75, 3.05) is 30.5 Å². The fourth-order valence-electron chi connectivity index (χ4n) is 2.70. The zero-order valence-corrected chi connectivity index (χ0v) is 13.9. The average molecular weight is 326 g/mol. The fourth-order valence-corrected chi connectivity index (χ4v) is 4.43. The highest BCUT2D eigenvalue weighted by Crippen LogP contribution is 2.26. The Labute approximate surface area is 131 Å². The van der Waals surface area contributed by atoms with Crippen molar-refractivity contribution in [3.8, 4) is 5.75 Å². The van der Waals surface area contributed by atoms with E-state index < -0.39 is 9.84 Å². The molecule has 0 aromatic heterocycles. The minimum atomic E-state index is -3.02. The number of nitrogens with one attached hydrogen (secondary N) is 1. The number of hydrogen-bond acceptors (Lipinski definition) is 4. The van der Waals surface area contributed by atoms with Gasteiger partial charge in [0.2, 0.25) is 0 Å². The lowest BCUT2D eigenvalue weighted by Gasteiger charge is -2.27. The molecule has 7 heteroatoms. The molecule has 2 rings (SSSR count). The minimum Gasteiger partial charge on any atom is -0.495 e. The number of urea groups is 1. The highest BCUT2D eigenvalue weighted by molar-refractivity contribution is 7.91. The number of aryl methyl sites for hydroxylation is 1. The van der Waals surface area contributed by atoms with E-state index >= 15 is 0 Å². The van der Waals surface area contributed by atoms with Gasteiger partial charge in [0.05, 0.1) is 24.3 Å². The molecule has 0 bridgehead atoms. The molecule has 1 aromatic rings. The van der Waals surface area contributed by atoms with Crippen molar-refractivity contribution >= 4 is 21.6 Å². The van der Waals surface area contributed by atoms with Gasteiger partial charge in [0.1, 0.15) is 5.75 Å². The SMILES string of the molecule is CCN(C(=O)Nc1cc(C)ccc1OC)C1CCS(=O)(=O)C1. The maximum Gasteiger partial charge on any atom is 0.322 e. The minimum absolute atomic E-state index is 0.0409. The number of hydrogen-bond donors (Lipinski definition) is 1. The van der Waals surface area contributed by atoms with E-state index in [1.807, 2.05) is 26.0 Å². The molecule has 1 heterocycles. The van der Waals surface area contributed by atoms with E-state index in [-0.39, 0.29) is 23.6 Å². The Balaban J connectivity index is 2.15. The number of sulfone groups is 1. The number of methoxy groups -OCH3 is 1. The number of amides is 2. The molecule has 1 atom stereocenters. The third-order valence-electron chi connectivity index (χ3n) is 3.85. The number of anilines is 1. The van der Waals surface area contributed by atoms with Gasteiger partial charge in [-0.05, 0) is 38.0 Å². The van der Waals surface area contributed by atoms with Crippen molar-refractivity contribution < 1.29 is 17.9 Å². The van der Waals surface area contributed by atoms with E-state index in [1.54, 1.807) is 18.1 Å². The van der Waals surface area contributed by atoms with Crippen LogP contribution in [-0.2, 0) is 9.84 Å². The van der Waals surface area contributed by atoms with Crippen LogP contribution in [0.25, 0.3) is 0 Å². The van der Waals surface area contributed by atoms with Gasteiger partial charge in [0.15, 0.2) is 9.84 Å². The Morgan fingerprint density at radius 2 is 2.18 bits per heavy atom. The predicted molar refractivity (Wildman–Crippen MR) is 86.2 cm³/mol. The third-order valence-corrected chi connectivity index (χ3v) is 5.60. The van der Waals surface area contributed by atoms with Gasteiger partial charge in [-0.15, -0.1) is 0 Å². The molecule has 0 aliphatic carbocycles. The van der Waals surface area contributed by atoms with Crippen LogP contribution in [0.5, 0.6) is 5.75 Å². The average Bonchev–Trinajstić information content (AvgIpc) is 2.80. The van der Waals surface area contributed by atoms with Gasteiger partial charge in [-0.1, -0.05) is 6.07 Å². The van der Waals surface area contributed by atoms with Crippen LogP contribution < -0.4 is 10.1 Å². The van der Waals surface area contributed by atoms with Gasteiger partial charge in [-0.25, -0.2) is 13.2 Å². The van der Waals surface area contributed by atoms with Gasteiger partial charge in [0, 0.05) is 12.6 Å². The number of carbonyl (C=O) groups excluding carboxylic acids is 1. The molecule has 0 radical (unpaired) electrons. The second kappa shape index (κ2) is 6.56. The third kappa shape index (κ3) is 3.71. The lowest BCUT2D eigenvalue weighted by molar-refractivity contribution is 0.197. The first-order valence-electron chi connectivity index (χ1n) is 7.29. The number of ether oxygens (including phenoxy) is 1. The molecule has 1 aromatic carbocycles. The molecule has 2 amide bonds. The van der Waals surface area contributed by atoms with Crippen LogP contribution in [0.3, 0.4) is 0 Å². The van der Waals surface area contributed by atoms with Crippen LogP contribution in [0.4, 0.5) is 10.5 Å². The summed E-state index contributed by atoms with van der Waals surface area (Å²) in [6, 6.07) is 4.96. The maximum atomic E-state index is 12.5. The number of benzene rings is 1. The summed E-state index contributed by atoms with van der Waals surface area (Å²) in [5.74, 6) is 0.767. The molecule has 0 saturated carbocycles. The Kier molecular flexibility index (Phi) is 4.95. The van der Waals surface area contributed by atoms with Gasteiger partial charge in [-0.2, -0.15) is 0 Å². The Hall–Kier alpha value is -1.76. The summed E-state index contributed by atoms with van der Waals surface area (Å²) in [4.78, 5) is 14.1. The standard InChI is InChI=1S/C15H22N2O4S/c1-4-17(12-7-8-22(19,20)10-12)15(18)16-13-9-11(2)5-6-14(13)21-3/h5-6,9,12H,4,7-8,10H2,1-3H3,(H,16,18). The summed E-state index contributed by atoms with van der Waals surface area (Å²) < 4.78 is 28.5. The highest BCUT2D eigenvalue weighted by atomic mass is 32.2. The van der Waals surface area contributed by atoms with E-state index in [9.17, 15) is 13.2 Å². The Morgan fingerprint density at radius 3 is 2.73 bits per heavy atom. The number of nitrogens with zero attached hydrogens (tertiary/aromatic N) is 1. The first kappa shape index (κ1) is 16.6. The van der Waals surface area contributed by atoms with Crippen LogP contribution >= 0.6 is 0 Å². The molecule has 6 nitrogen and oxygen atoms in total. The van der Waals surface area contributed by atoms with Crippen LogP contribution in [0.1, 0.15) is 18.9 Å². The van der Waals surface area contributed by atoms with E-state index in [4.69, 9.17) is 4.74 Å². The first-order chi connectivity index (χ1) is 10.4. The molecule has 1 saturated heterocycles. The van der Waals surface area contributed by atoms with Gasteiger partial charge >= 0.3 is 6.03 Å². The topological polar surface area (TPSA) is 75.7 Å². The summed E-state index contributed by atoms with van der Waals surface area (Å²) in [5.41, 5.74) is 1.59. The van der Waals surface area contributed by atoms with Crippen molar-refractivity contribution in [1.82, 2.24) is 4.90 Å². The van der Waals surface area contributed by atoms with Crippen molar-refractivity contribution in [3.63, 3.8) is 0 Å². The summed E-state index contributed by atoms with van der Waals surface area (Å²) in [6.45, 7) is 4.23. The van der Waals surface area contributed by atoms with Crippen molar-refractivity contribution in [2.45, 2.75) is 26.3 Å². The molecule has 1 unspecified atom stereocenters. The highest BCUT2D eigenvalue weighted by Gasteiger charge is 2.34. The van der Waals surface area contributed by atoms with Crippen LogP contribution in [0, 0.1) is 6.92 Å². The van der Waals surface area contributed by atoms with Crippen molar-refractivity contribution in [2.24, 2.45) is 0 Å². The van der Waals surface area contributed by atoms with Gasteiger partial charge in [-0.3, -0.25) is 0 Å². The zero-order valence-electron chi connectivity index (χ0n) is 13.1. The van der Waals surface area contributed by atoms with Gasteiger partial charge in [0.25, 0.3) is 0 Å². The smallest absolute Gasteiger partial charge is 0.322 e. The maximum absolute atomic E-state index is 12.5. The van der Waals surface area contributed by atoms with Gasteiger partial charge < -0.3 is 15.0 Å². The fraction of sp³-hybridized carbons (Fsp3) is 0.533. The lowest BCUT2D eigenvalue weighted by Crippen LogP contribution is -2.43. The number of rotatable bonds is 4. The molecular weight excluding hydrogens is 304 g/mol. The number of carbonyl (C=O) groups is 1. The second-order valence-corrected chi connectivity index (χ2v) is 7.71. The summed E-state index contributed by atoms with van der Waals surface area (Å²) in [5, 5.41) is 2.82. The molecule has 22 heavy (non-hydrogen) atoms. The summed E-state index contributed by atoms with van der Waals surface area (Å²) in [6.07, 6.45) is 0.495. The zero-order chi connectivity index (χ0) is 16.3. The normalized spacial score (nSPS) is 19.7. The molecular formula is C15H22N2O4S. The summed E-state index contributed by atoms with van der Waals surface area (Å²) in [7, 11) is -1.48. The van der Waals surface area contributed by atoms with Crippen LogP contribution in [0.2, 0.25) is 0 Å².